The third-order valence-corrected chi connectivity index (χ3v) is 3.61. The number of hydrogen-bond acceptors (Lipinski definition) is 4. The van der Waals surface area contributed by atoms with Crippen LogP contribution < -0.4 is 14.8 Å². The van der Waals surface area contributed by atoms with Crippen molar-refractivity contribution in [3.63, 3.8) is 0 Å². The normalized spacial score (nSPS) is 14.0. The van der Waals surface area contributed by atoms with Crippen molar-refractivity contribution in [2.24, 2.45) is 0 Å². The first-order valence-electron chi connectivity index (χ1n) is 7.54. The number of nitrogens with zero attached hydrogens (tertiary/aromatic N) is 2. The summed E-state index contributed by atoms with van der Waals surface area (Å²) in [4.78, 5) is 26.5. The molecule has 0 spiro atoms. The number of rotatable bonds is 6. The first-order valence-corrected chi connectivity index (χ1v) is 7.54. The number of carbonyl (C=O) groups is 2. The number of urea groups is 1. The quantitative estimate of drug-likeness (QED) is 0.847. The van der Waals surface area contributed by atoms with Gasteiger partial charge >= 0.3 is 6.03 Å². The van der Waals surface area contributed by atoms with Gasteiger partial charge < -0.3 is 24.6 Å². The highest BCUT2D eigenvalue weighted by Crippen LogP contribution is 2.28. The molecule has 0 bridgehead atoms. The molecule has 0 saturated carbocycles. The highest BCUT2D eigenvalue weighted by molar-refractivity contribution is 5.78. The summed E-state index contributed by atoms with van der Waals surface area (Å²) in [6, 6.07) is 7.26. The minimum absolute atomic E-state index is 0.00806. The number of carbonyl (C=O) groups excluding carboxylic acids is 2. The minimum atomic E-state index is -0.170. The molecular weight excluding hydrogens is 298 g/mol. The van der Waals surface area contributed by atoms with Crippen molar-refractivity contribution in [3.05, 3.63) is 24.3 Å². The van der Waals surface area contributed by atoms with Crippen LogP contribution in [0, 0.1) is 0 Å². The molecule has 1 saturated heterocycles. The maximum absolute atomic E-state index is 11.9. The van der Waals surface area contributed by atoms with Crippen LogP contribution in [0.15, 0.2) is 24.3 Å². The molecule has 1 N–H and O–H groups in total. The number of benzene rings is 1. The second-order valence-corrected chi connectivity index (χ2v) is 5.57. The van der Waals surface area contributed by atoms with E-state index >= 15 is 0 Å². The summed E-state index contributed by atoms with van der Waals surface area (Å²) in [5.41, 5.74) is 0. The van der Waals surface area contributed by atoms with Gasteiger partial charge in [0.25, 0.3) is 0 Å². The van der Waals surface area contributed by atoms with E-state index in [0.717, 1.165) is 0 Å². The molecule has 1 heterocycles. The lowest BCUT2D eigenvalue weighted by Crippen LogP contribution is -2.59. The second kappa shape index (κ2) is 7.71. The zero-order chi connectivity index (χ0) is 16.8. The summed E-state index contributed by atoms with van der Waals surface area (Å²) in [5.74, 6) is 1.35. The summed E-state index contributed by atoms with van der Waals surface area (Å²) in [7, 11) is 4.98. The third-order valence-electron chi connectivity index (χ3n) is 3.61. The van der Waals surface area contributed by atoms with E-state index in [1.165, 1.54) is 4.90 Å². The number of amides is 3. The van der Waals surface area contributed by atoms with Gasteiger partial charge in [-0.25, -0.2) is 4.79 Å². The maximum atomic E-state index is 11.9. The Morgan fingerprint density at radius 2 is 1.91 bits per heavy atom. The summed E-state index contributed by atoms with van der Waals surface area (Å²) in [5, 5.41) is 2.74. The average Bonchev–Trinajstić information content (AvgIpc) is 2.50. The standard InChI is InChI=1S/C16H23N3O4/c1-18(2)15(20)8-9-17-16(21)19-10-12(11-19)23-14-7-5-4-6-13(14)22-3/h4-7,12H,8-11H2,1-3H3,(H,17,21). The van der Waals surface area contributed by atoms with E-state index in [1.54, 1.807) is 26.1 Å². The number of ether oxygens (including phenoxy) is 2. The highest BCUT2D eigenvalue weighted by atomic mass is 16.5. The van der Waals surface area contributed by atoms with Crippen molar-refractivity contribution in [2.45, 2.75) is 12.5 Å². The fourth-order valence-electron chi connectivity index (χ4n) is 2.19. The molecule has 0 aromatic heterocycles. The van der Waals surface area contributed by atoms with Gasteiger partial charge in [-0.05, 0) is 12.1 Å². The molecule has 1 aliphatic rings. The molecule has 0 aliphatic carbocycles. The van der Waals surface area contributed by atoms with Gasteiger partial charge in [0.05, 0.1) is 20.2 Å². The number of hydrogen-bond donors (Lipinski definition) is 1. The molecule has 1 aliphatic heterocycles. The van der Waals surface area contributed by atoms with Crippen LogP contribution in [0.25, 0.3) is 0 Å². The van der Waals surface area contributed by atoms with Crippen molar-refractivity contribution in [2.75, 3.05) is 40.8 Å². The summed E-state index contributed by atoms with van der Waals surface area (Å²) < 4.78 is 11.0. The minimum Gasteiger partial charge on any atom is -0.493 e. The number of methoxy groups -OCH3 is 1. The summed E-state index contributed by atoms with van der Waals surface area (Å²) >= 11 is 0. The van der Waals surface area contributed by atoms with Crippen molar-refractivity contribution < 1.29 is 19.1 Å². The number of likely N-dealkylation sites (tertiary alicyclic amines) is 1. The number of nitrogens with one attached hydrogen (secondary N) is 1. The Labute approximate surface area is 136 Å². The molecular formula is C16H23N3O4. The van der Waals surface area contributed by atoms with E-state index in [-0.39, 0.29) is 18.0 Å². The van der Waals surface area contributed by atoms with Crippen LogP contribution in [0.1, 0.15) is 6.42 Å². The monoisotopic (exact) mass is 321 g/mol. The Morgan fingerprint density at radius 1 is 1.26 bits per heavy atom. The van der Waals surface area contributed by atoms with Crippen LogP contribution in [-0.2, 0) is 4.79 Å². The molecule has 7 nitrogen and oxygen atoms in total. The fraction of sp³-hybridized carbons (Fsp3) is 0.500. The topological polar surface area (TPSA) is 71.1 Å². The Balaban J connectivity index is 1.70. The van der Waals surface area contributed by atoms with Crippen molar-refractivity contribution in [1.82, 2.24) is 15.1 Å². The molecule has 0 radical (unpaired) electrons. The molecule has 7 heteroatoms. The molecule has 1 aromatic rings. The van der Waals surface area contributed by atoms with Gasteiger partial charge in [0, 0.05) is 27.1 Å². The van der Waals surface area contributed by atoms with Crippen LogP contribution in [-0.4, -0.2) is 68.7 Å². The molecule has 0 unspecified atom stereocenters. The van der Waals surface area contributed by atoms with Gasteiger partial charge in [-0.1, -0.05) is 12.1 Å². The molecule has 2 rings (SSSR count). The zero-order valence-electron chi connectivity index (χ0n) is 13.7. The lowest BCUT2D eigenvalue weighted by Gasteiger charge is -2.38. The first-order chi connectivity index (χ1) is 11.0. The van der Waals surface area contributed by atoms with E-state index in [2.05, 4.69) is 5.32 Å². The van der Waals surface area contributed by atoms with Crippen molar-refractivity contribution >= 4 is 11.9 Å². The van der Waals surface area contributed by atoms with E-state index in [0.29, 0.717) is 37.6 Å². The third kappa shape index (κ3) is 4.51. The second-order valence-electron chi connectivity index (χ2n) is 5.57. The van der Waals surface area contributed by atoms with Gasteiger partial charge in [0.1, 0.15) is 6.10 Å². The Bertz CT molecular complexity index is 556. The molecule has 126 valence electrons. The summed E-state index contributed by atoms with van der Waals surface area (Å²) in [6.45, 7) is 1.38. The van der Waals surface area contributed by atoms with Crippen molar-refractivity contribution in [3.8, 4) is 11.5 Å². The van der Waals surface area contributed by atoms with Gasteiger partial charge in [-0.2, -0.15) is 0 Å². The molecule has 23 heavy (non-hydrogen) atoms. The predicted octanol–water partition coefficient (Wildman–Crippen LogP) is 0.946. The lowest BCUT2D eigenvalue weighted by molar-refractivity contribution is -0.128. The van der Waals surface area contributed by atoms with Gasteiger partial charge in [0.2, 0.25) is 5.91 Å². The van der Waals surface area contributed by atoms with E-state index < -0.39 is 0 Å². The maximum Gasteiger partial charge on any atom is 0.317 e. The Hall–Kier alpha value is -2.44. The summed E-state index contributed by atoms with van der Waals surface area (Å²) in [6.07, 6.45) is 0.258. The van der Waals surface area contributed by atoms with E-state index in [1.807, 2.05) is 24.3 Å². The van der Waals surface area contributed by atoms with Crippen LogP contribution in [0.5, 0.6) is 11.5 Å². The van der Waals surface area contributed by atoms with E-state index in [4.69, 9.17) is 9.47 Å². The van der Waals surface area contributed by atoms with Crippen LogP contribution >= 0.6 is 0 Å². The fourth-order valence-corrected chi connectivity index (χ4v) is 2.19. The average molecular weight is 321 g/mol. The Kier molecular flexibility index (Phi) is 5.67. The van der Waals surface area contributed by atoms with Crippen LogP contribution in [0.2, 0.25) is 0 Å². The zero-order valence-corrected chi connectivity index (χ0v) is 13.7. The van der Waals surface area contributed by atoms with Gasteiger partial charge in [-0.15, -0.1) is 0 Å². The van der Waals surface area contributed by atoms with Crippen LogP contribution in [0.4, 0.5) is 4.79 Å². The smallest absolute Gasteiger partial charge is 0.317 e. The highest BCUT2D eigenvalue weighted by Gasteiger charge is 2.32. The van der Waals surface area contributed by atoms with Gasteiger partial charge in [-0.3, -0.25) is 4.79 Å². The SMILES string of the molecule is COc1ccccc1OC1CN(C(=O)NCCC(=O)N(C)C)C1. The lowest BCUT2D eigenvalue weighted by atomic mass is 10.2. The molecule has 0 atom stereocenters. The largest absolute Gasteiger partial charge is 0.493 e. The first kappa shape index (κ1) is 16.9. The Morgan fingerprint density at radius 3 is 2.52 bits per heavy atom. The molecule has 1 aromatic carbocycles. The van der Waals surface area contributed by atoms with Gasteiger partial charge in [0.15, 0.2) is 11.5 Å². The predicted molar refractivity (Wildman–Crippen MR) is 85.7 cm³/mol. The van der Waals surface area contributed by atoms with Crippen LogP contribution in [0.3, 0.4) is 0 Å². The van der Waals surface area contributed by atoms with Crippen molar-refractivity contribution in [1.29, 1.82) is 0 Å². The molecule has 3 amide bonds. The number of para-hydroxylation sites is 2. The van der Waals surface area contributed by atoms with E-state index in [9.17, 15) is 9.59 Å². The molecule has 1 fully saturated rings.